The van der Waals surface area contributed by atoms with E-state index in [2.05, 4.69) is 30.8 Å². The molecule has 0 atom stereocenters. The van der Waals surface area contributed by atoms with Crippen molar-refractivity contribution in [3.05, 3.63) is 42.0 Å². The fraction of sp³-hybridized carbons (Fsp3) is 0.556. The zero-order valence-corrected chi connectivity index (χ0v) is 13.8. The second kappa shape index (κ2) is 10.5. The predicted molar refractivity (Wildman–Crippen MR) is 96.1 cm³/mol. The quantitative estimate of drug-likeness (QED) is 0.514. The highest BCUT2D eigenvalue weighted by atomic mass is 15.3. The van der Waals surface area contributed by atoms with E-state index in [1.54, 1.807) is 0 Å². The summed E-state index contributed by atoms with van der Waals surface area (Å²) in [5, 5.41) is 0. The summed E-state index contributed by atoms with van der Waals surface area (Å²) < 4.78 is 1.04. The Bertz CT molecular complexity index is 392. The van der Waals surface area contributed by atoms with Gasteiger partial charge in [0.25, 0.3) is 0 Å². The SMILES string of the molecule is C=Cc1ccc(C[N+](CCCN)(CCCN)CCCN)cc1. The monoisotopic (exact) mass is 305 g/mol. The molecule has 1 aromatic carbocycles. The van der Waals surface area contributed by atoms with Crippen molar-refractivity contribution in [2.75, 3.05) is 39.3 Å². The van der Waals surface area contributed by atoms with Crippen molar-refractivity contribution in [3.8, 4) is 0 Å². The molecule has 0 spiro atoms. The molecule has 124 valence electrons. The molecule has 0 aliphatic carbocycles. The van der Waals surface area contributed by atoms with Crippen LogP contribution < -0.4 is 17.2 Å². The Balaban J connectivity index is 2.89. The molecule has 0 bridgehead atoms. The minimum absolute atomic E-state index is 0.737. The summed E-state index contributed by atoms with van der Waals surface area (Å²) in [6, 6.07) is 8.67. The van der Waals surface area contributed by atoms with Crippen molar-refractivity contribution in [2.45, 2.75) is 25.8 Å². The Morgan fingerprint density at radius 3 is 1.64 bits per heavy atom. The number of hydrogen-bond acceptors (Lipinski definition) is 3. The number of nitrogens with two attached hydrogens (primary N) is 3. The first-order valence-electron chi connectivity index (χ1n) is 8.36. The molecule has 6 N–H and O–H groups in total. The molecule has 0 amide bonds. The largest absolute Gasteiger partial charge is 0.330 e. The Morgan fingerprint density at radius 1 is 0.818 bits per heavy atom. The van der Waals surface area contributed by atoms with E-state index in [0.29, 0.717) is 0 Å². The van der Waals surface area contributed by atoms with Gasteiger partial charge < -0.3 is 21.7 Å². The molecule has 0 aromatic heterocycles. The number of rotatable bonds is 12. The van der Waals surface area contributed by atoms with Gasteiger partial charge in [0.2, 0.25) is 0 Å². The second-order valence-corrected chi connectivity index (χ2v) is 6.04. The molecule has 0 aliphatic rings. The van der Waals surface area contributed by atoms with Gasteiger partial charge in [-0.15, -0.1) is 0 Å². The van der Waals surface area contributed by atoms with Crippen LogP contribution in [0.4, 0.5) is 0 Å². The first-order valence-corrected chi connectivity index (χ1v) is 8.36. The summed E-state index contributed by atoms with van der Waals surface area (Å²) in [5.74, 6) is 0. The fourth-order valence-electron chi connectivity index (χ4n) is 3.00. The molecule has 4 nitrogen and oxygen atoms in total. The molecule has 0 radical (unpaired) electrons. The van der Waals surface area contributed by atoms with Crippen LogP contribution in [0.15, 0.2) is 30.8 Å². The van der Waals surface area contributed by atoms with Crippen LogP contribution in [0.3, 0.4) is 0 Å². The van der Waals surface area contributed by atoms with Crippen LogP contribution >= 0.6 is 0 Å². The first kappa shape index (κ1) is 18.8. The number of hydrogen-bond donors (Lipinski definition) is 3. The molecule has 0 saturated heterocycles. The van der Waals surface area contributed by atoms with Gasteiger partial charge in [-0.2, -0.15) is 0 Å². The van der Waals surface area contributed by atoms with Gasteiger partial charge in [-0.1, -0.05) is 36.9 Å². The van der Waals surface area contributed by atoms with Gasteiger partial charge >= 0.3 is 0 Å². The lowest BCUT2D eigenvalue weighted by molar-refractivity contribution is -0.941. The first-order chi connectivity index (χ1) is 10.7. The van der Waals surface area contributed by atoms with Gasteiger partial charge in [0, 0.05) is 24.8 Å². The number of quaternary nitrogens is 1. The van der Waals surface area contributed by atoms with Crippen LogP contribution in [0.25, 0.3) is 6.08 Å². The standard InChI is InChI=1S/C18H33N4/c1-2-17-6-8-18(9-7-17)16-22(13-3-10-19,14-4-11-20)15-5-12-21/h2,6-9H,1,3-5,10-16,19-21H2/q+1. The van der Waals surface area contributed by atoms with E-state index >= 15 is 0 Å². The highest BCUT2D eigenvalue weighted by Crippen LogP contribution is 2.18. The minimum atomic E-state index is 0.737. The average molecular weight is 305 g/mol. The Morgan fingerprint density at radius 2 is 1.27 bits per heavy atom. The van der Waals surface area contributed by atoms with Crippen LogP contribution in [0.2, 0.25) is 0 Å². The summed E-state index contributed by atoms with van der Waals surface area (Å²) in [7, 11) is 0. The summed E-state index contributed by atoms with van der Waals surface area (Å²) in [5.41, 5.74) is 19.8. The Hall–Kier alpha value is -1.20. The zero-order valence-electron chi connectivity index (χ0n) is 13.8. The third-order valence-electron chi connectivity index (χ3n) is 4.24. The maximum Gasteiger partial charge on any atom is 0.104 e. The molecular weight excluding hydrogens is 272 g/mol. The van der Waals surface area contributed by atoms with E-state index in [0.717, 1.165) is 75.1 Å². The second-order valence-electron chi connectivity index (χ2n) is 6.04. The molecule has 0 heterocycles. The van der Waals surface area contributed by atoms with Gasteiger partial charge in [-0.05, 0) is 25.2 Å². The van der Waals surface area contributed by atoms with Crippen molar-refractivity contribution < 1.29 is 4.48 Å². The molecule has 0 fully saturated rings. The maximum absolute atomic E-state index is 5.75. The van der Waals surface area contributed by atoms with Crippen LogP contribution in [0, 0.1) is 0 Å². The topological polar surface area (TPSA) is 78.1 Å². The molecule has 0 aliphatic heterocycles. The normalized spacial score (nSPS) is 11.6. The van der Waals surface area contributed by atoms with Gasteiger partial charge in [-0.3, -0.25) is 0 Å². The Labute approximate surface area is 135 Å². The summed E-state index contributed by atoms with van der Waals surface area (Å²) in [4.78, 5) is 0. The maximum atomic E-state index is 5.75. The smallest absolute Gasteiger partial charge is 0.104 e. The van der Waals surface area contributed by atoms with Gasteiger partial charge in [0.1, 0.15) is 6.54 Å². The van der Waals surface area contributed by atoms with Gasteiger partial charge in [0.05, 0.1) is 19.6 Å². The molecule has 4 heteroatoms. The molecule has 0 saturated carbocycles. The highest BCUT2D eigenvalue weighted by Gasteiger charge is 2.26. The van der Waals surface area contributed by atoms with Crippen LogP contribution in [-0.2, 0) is 6.54 Å². The van der Waals surface area contributed by atoms with E-state index in [9.17, 15) is 0 Å². The predicted octanol–water partition coefficient (Wildman–Crippen LogP) is 1.69. The van der Waals surface area contributed by atoms with E-state index in [1.807, 2.05) is 6.08 Å². The molecule has 1 aromatic rings. The van der Waals surface area contributed by atoms with Crippen LogP contribution in [-0.4, -0.2) is 43.8 Å². The lowest BCUT2D eigenvalue weighted by Gasteiger charge is -2.39. The fourth-order valence-corrected chi connectivity index (χ4v) is 3.00. The van der Waals surface area contributed by atoms with E-state index in [-0.39, 0.29) is 0 Å². The third-order valence-corrected chi connectivity index (χ3v) is 4.24. The van der Waals surface area contributed by atoms with E-state index < -0.39 is 0 Å². The summed E-state index contributed by atoms with van der Waals surface area (Å²) >= 11 is 0. The lowest BCUT2D eigenvalue weighted by Crippen LogP contribution is -2.50. The summed E-state index contributed by atoms with van der Waals surface area (Å²) in [6.45, 7) is 10.3. The van der Waals surface area contributed by atoms with Crippen LogP contribution in [0.1, 0.15) is 30.4 Å². The lowest BCUT2D eigenvalue weighted by atomic mass is 10.1. The molecule has 22 heavy (non-hydrogen) atoms. The summed E-state index contributed by atoms with van der Waals surface area (Å²) in [6.07, 6.45) is 5.00. The Kier molecular flexibility index (Phi) is 9.01. The van der Waals surface area contributed by atoms with Gasteiger partial charge in [-0.25, -0.2) is 0 Å². The average Bonchev–Trinajstić information content (AvgIpc) is 2.56. The number of nitrogens with zero attached hydrogens (tertiary/aromatic N) is 1. The van der Waals surface area contributed by atoms with Gasteiger partial charge in [0.15, 0.2) is 0 Å². The van der Waals surface area contributed by atoms with Crippen molar-refractivity contribution in [1.82, 2.24) is 0 Å². The van der Waals surface area contributed by atoms with E-state index in [4.69, 9.17) is 17.2 Å². The minimum Gasteiger partial charge on any atom is -0.330 e. The molecule has 1 rings (SSSR count). The third kappa shape index (κ3) is 6.28. The van der Waals surface area contributed by atoms with Crippen molar-refractivity contribution in [2.24, 2.45) is 17.2 Å². The van der Waals surface area contributed by atoms with Crippen molar-refractivity contribution in [3.63, 3.8) is 0 Å². The molecule has 0 unspecified atom stereocenters. The van der Waals surface area contributed by atoms with Crippen LogP contribution in [0.5, 0.6) is 0 Å². The van der Waals surface area contributed by atoms with Crippen molar-refractivity contribution in [1.29, 1.82) is 0 Å². The molecular formula is C18H33N4+. The number of benzene rings is 1. The zero-order chi connectivity index (χ0) is 16.3. The highest BCUT2D eigenvalue weighted by molar-refractivity contribution is 5.47. The van der Waals surface area contributed by atoms with E-state index in [1.165, 1.54) is 5.56 Å². The van der Waals surface area contributed by atoms with Crippen molar-refractivity contribution >= 4 is 6.08 Å².